The molecule has 1 aromatic rings. The van der Waals surface area contributed by atoms with Gasteiger partial charge in [-0.25, -0.2) is 9.13 Å². The van der Waals surface area contributed by atoms with E-state index < -0.39 is 0 Å². The highest BCUT2D eigenvalue weighted by atomic mass is 15.1. The Labute approximate surface area is 183 Å². The summed E-state index contributed by atoms with van der Waals surface area (Å²) in [6, 6.07) is 0. The highest BCUT2D eigenvalue weighted by Crippen LogP contribution is 2.14. The molecule has 0 aliphatic rings. The van der Waals surface area contributed by atoms with Crippen LogP contribution in [0.15, 0.2) is 12.4 Å². The van der Waals surface area contributed by atoms with Gasteiger partial charge in [0.15, 0.2) is 0 Å². The molecule has 170 valence electrons. The molecule has 0 atom stereocenters. The summed E-state index contributed by atoms with van der Waals surface area (Å²) in [4.78, 5) is 0. The van der Waals surface area contributed by atoms with Crippen molar-refractivity contribution >= 4 is 0 Å². The van der Waals surface area contributed by atoms with Crippen LogP contribution in [-0.2, 0) is 20.0 Å². The number of hydrogen-bond donors (Lipinski definition) is 0. The lowest BCUT2D eigenvalue weighted by Gasteiger charge is -2.04. The zero-order valence-electron chi connectivity index (χ0n) is 20.4. The number of imidazole rings is 1. The standard InChI is InChI=1S/C27H53N2/c1-4-6-8-9-10-11-12-13-14-15-16-17-18-19-20-21-22-23-27-28(3)25-26-29(27)24-7-5-2/h25-26H,4-24H2,1-3H3/q+1. The van der Waals surface area contributed by atoms with E-state index in [4.69, 9.17) is 0 Å². The van der Waals surface area contributed by atoms with Crippen molar-refractivity contribution in [3.63, 3.8) is 0 Å². The van der Waals surface area contributed by atoms with Gasteiger partial charge in [0.2, 0.25) is 0 Å². The molecule has 0 bridgehead atoms. The molecule has 0 saturated carbocycles. The van der Waals surface area contributed by atoms with Crippen molar-refractivity contribution in [1.29, 1.82) is 0 Å². The number of nitrogens with zero attached hydrogens (tertiary/aromatic N) is 2. The van der Waals surface area contributed by atoms with E-state index in [1.165, 1.54) is 141 Å². The first-order valence-electron chi connectivity index (χ1n) is 13.3. The van der Waals surface area contributed by atoms with Crippen LogP contribution in [0.1, 0.15) is 142 Å². The molecule has 0 fully saturated rings. The molecule has 0 spiro atoms. The van der Waals surface area contributed by atoms with Crippen LogP contribution < -0.4 is 4.57 Å². The first-order valence-corrected chi connectivity index (χ1v) is 13.3. The van der Waals surface area contributed by atoms with Crippen LogP contribution in [-0.4, -0.2) is 4.57 Å². The molecule has 2 heteroatoms. The van der Waals surface area contributed by atoms with Gasteiger partial charge < -0.3 is 0 Å². The Balaban J connectivity index is 1.84. The average Bonchev–Trinajstić information content (AvgIpc) is 3.08. The monoisotopic (exact) mass is 405 g/mol. The van der Waals surface area contributed by atoms with E-state index in [1.54, 1.807) is 0 Å². The Morgan fingerprint density at radius 2 is 1.00 bits per heavy atom. The summed E-state index contributed by atoms with van der Waals surface area (Å²) in [5.41, 5.74) is 0. The largest absolute Gasteiger partial charge is 0.256 e. The lowest BCUT2D eigenvalue weighted by Crippen LogP contribution is -2.32. The van der Waals surface area contributed by atoms with Gasteiger partial charge in [-0.15, -0.1) is 0 Å². The summed E-state index contributed by atoms with van der Waals surface area (Å²) >= 11 is 0. The quantitative estimate of drug-likeness (QED) is 0.144. The van der Waals surface area contributed by atoms with E-state index in [0.717, 1.165) is 0 Å². The summed E-state index contributed by atoms with van der Waals surface area (Å²) in [7, 11) is 2.20. The summed E-state index contributed by atoms with van der Waals surface area (Å²) in [5.74, 6) is 1.51. The minimum absolute atomic E-state index is 1.19. The van der Waals surface area contributed by atoms with Gasteiger partial charge in [-0.3, -0.25) is 0 Å². The number of unbranched alkanes of at least 4 members (excludes halogenated alkanes) is 17. The van der Waals surface area contributed by atoms with Crippen molar-refractivity contribution in [2.24, 2.45) is 7.05 Å². The molecule has 0 unspecified atom stereocenters. The van der Waals surface area contributed by atoms with Crippen molar-refractivity contribution in [1.82, 2.24) is 4.57 Å². The third kappa shape index (κ3) is 13.9. The molecule has 1 rings (SSSR count). The van der Waals surface area contributed by atoms with E-state index in [1.807, 2.05) is 0 Å². The minimum atomic E-state index is 1.19. The second kappa shape index (κ2) is 19.2. The van der Waals surface area contributed by atoms with E-state index in [9.17, 15) is 0 Å². The second-order valence-corrected chi connectivity index (χ2v) is 9.28. The number of aryl methyl sites for hydroxylation is 2. The Morgan fingerprint density at radius 1 is 0.586 bits per heavy atom. The van der Waals surface area contributed by atoms with Crippen LogP contribution in [0.2, 0.25) is 0 Å². The van der Waals surface area contributed by atoms with Crippen molar-refractivity contribution in [3.8, 4) is 0 Å². The Morgan fingerprint density at radius 3 is 1.45 bits per heavy atom. The van der Waals surface area contributed by atoms with Crippen LogP contribution in [0, 0.1) is 0 Å². The third-order valence-electron chi connectivity index (χ3n) is 6.47. The topological polar surface area (TPSA) is 8.81 Å². The van der Waals surface area contributed by atoms with Crippen LogP contribution in [0.5, 0.6) is 0 Å². The van der Waals surface area contributed by atoms with Crippen LogP contribution in [0.3, 0.4) is 0 Å². The molecule has 0 aliphatic carbocycles. The molecule has 29 heavy (non-hydrogen) atoms. The molecule has 0 N–H and O–H groups in total. The molecule has 0 saturated heterocycles. The fourth-order valence-corrected chi connectivity index (χ4v) is 4.42. The molecule has 2 nitrogen and oxygen atoms in total. The number of aromatic nitrogens is 2. The molecule has 0 aliphatic heterocycles. The minimum Gasteiger partial charge on any atom is -0.237 e. The Kier molecular flexibility index (Phi) is 17.4. The molecular formula is C27H53N2+. The fourth-order valence-electron chi connectivity index (χ4n) is 4.42. The SMILES string of the molecule is CCCCCCCCCCCCCCCCCCCc1n(CCCC)cc[n+]1C. The van der Waals surface area contributed by atoms with Crippen LogP contribution >= 0.6 is 0 Å². The van der Waals surface area contributed by atoms with Crippen molar-refractivity contribution in [2.75, 3.05) is 0 Å². The van der Waals surface area contributed by atoms with Crippen molar-refractivity contribution in [2.45, 2.75) is 149 Å². The van der Waals surface area contributed by atoms with Gasteiger partial charge in [-0.05, 0) is 12.8 Å². The summed E-state index contributed by atoms with van der Waals surface area (Å²) in [6.07, 6.45) is 32.9. The zero-order valence-corrected chi connectivity index (χ0v) is 20.4. The smallest absolute Gasteiger partial charge is 0.237 e. The van der Waals surface area contributed by atoms with Crippen LogP contribution in [0.25, 0.3) is 0 Å². The fraction of sp³-hybridized carbons (Fsp3) is 0.889. The zero-order chi connectivity index (χ0) is 21.0. The highest BCUT2D eigenvalue weighted by molar-refractivity contribution is 4.84. The molecule has 1 heterocycles. The average molecular weight is 406 g/mol. The highest BCUT2D eigenvalue weighted by Gasteiger charge is 2.13. The lowest BCUT2D eigenvalue weighted by molar-refractivity contribution is -0.678. The molecule has 0 radical (unpaired) electrons. The van der Waals surface area contributed by atoms with E-state index in [-0.39, 0.29) is 0 Å². The van der Waals surface area contributed by atoms with Gasteiger partial charge in [-0.2, -0.15) is 0 Å². The van der Waals surface area contributed by atoms with E-state index in [0.29, 0.717) is 0 Å². The predicted molar refractivity (Wildman–Crippen MR) is 128 cm³/mol. The maximum atomic E-state index is 2.47. The maximum Gasteiger partial charge on any atom is 0.256 e. The van der Waals surface area contributed by atoms with Gasteiger partial charge in [0.05, 0.1) is 13.6 Å². The Hall–Kier alpha value is -0.790. The van der Waals surface area contributed by atoms with Crippen molar-refractivity contribution in [3.05, 3.63) is 18.2 Å². The Bertz CT molecular complexity index is 463. The molecule has 1 aromatic heterocycles. The molecule has 0 aromatic carbocycles. The maximum absolute atomic E-state index is 2.47. The first-order chi connectivity index (χ1) is 14.3. The molecule has 0 amide bonds. The summed E-state index contributed by atoms with van der Waals surface area (Å²) < 4.78 is 4.79. The lowest BCUT2D eigenvalue weighted by atomic mass is 10.0. The van der Waals surface area contributed by atoms with Gasteiger partial charge in [0.25, 0.3) is 5.82 Å². The first kappa shape index (κ1) is 26.2. The van der Waals surface area contributed by atoms with Gasteiger partial charge in [0, 0.05) is 6.42 Å². The van der Waals surface area contributed by atoms with Gasteiger partial charge in [0.1, 0.15) is 12.4 Å². The van der Waals surface area contributed by atoms with Gasteiger partial charge >= 0.3 is 0 Å². The number of hydrogen-bond acceptors (Lipinski definition) is 0. The second-order valence-electron chi connectivity index (χ2n) is 9.28. The van der Waals surface area contributed by atoms with Crippen molar-refractivity contribution < 1.29 is 4.57 Å². The van der Waals surface area contributed by atoms with E-state index >= 15 is 0 Å². The predicted octanol–water partition coefficient (Wildman–Crippen LogP) is 8.31. The number of rotatable bonds is 21. The summed E-state index contributed by atoms with van der Waals surface area (Å²) in [5, 5.41) is 0. The van der Waals surface area contributed by atoms with Crippen LogP contribution in [0.4, 0.5) is 0 Å². The molecular weight excluding hydrogens is 352 g/mol. The third-order valence-corrected chi connectivity index (χ3v) is 6.47. The van der Waals surface area contributed by atoms with Gasteiger partial charge in [-0.1, -0.05) is 123 Å². The normalized spacial score (nSPS) is 11.4. The van der Waals surface area contributed by atoms with E-state index in [2.05, 4.69) is 42.4 Å². The summed E-state index contributed by atoms with van der Waals surface area (Å²) in [6.45, 7) is 5.76.